The molecule has 3 aliphatic heterocycles. The van der Waals surface area contributed by atoms with Crippen molar-refractivity contribution in [2.24, 2.45) is 11.8 Å². The number of amides is 3. The SMILES string of the molecule is Cc1ncc(C(=O)N2CCC(Oc3ccc(Br)c4c3[C@@H](CN3Cc5ccccc5C3=O)N(C(=O)[C@@H]3CCCC[C@@H]3C(=O)O)CC4)C2)s1. The van der Waals surface area contributed by atoms with Gasteiger partial charge >= 0.3 is 5.97 Å². The number of hydrogen-bond acceptors (Lipinski definition) is 7. The van der Waals surface area contributed by atoms with Crippen LogP contribution in [0.25, 0.3) is 0 Å². The van der Waals surface area contributed by atoms with Crippen molar-refractivity contribution < 1.29 is 29.0 Å². The Bertz CT molecular complexity index is 1740. The molecule has 1 saturated carbocycles. The highest BCUT2D eigenvalue weighted by molar-refractivity contribution is 9.10. The van der Waals surface area contributed by atoms with Crippen molar-refractivity contribution in [3.8, 4) is 5.75 Å². The Hall–Kier alpha value is -3.77. The van der Waals surface area contributed by atoms with E-state index in [1.54, 1.807) is 16.0 Å². The van der Waals surface area contributed by atoms with Crippen molar-refractivity contribution >= 4 is 51.0 Å². The van der Waals surface area contributed by atoms with Gasteiger partial charge in [0, 0.05) is 48.2 Å². The molecule has 3 aromatic rings. The summed E-state index contributed by atoms with van der Waals surface area (Å²) in [6.07, 6.45) is 5.22. The standard InChI is InChI=1S/C35H37BrN4O6S/c1-20-37-16-30(47-20)34(43)38-14-12-22(18-38)46-29-11-10-27(36)26-13-15-40(33(42)24-8-4-5-9-25(24)35(44)45)28(31(26)29)19-39-17-21-6-2-3-7-23(21)32(39)41/h2-3,6-7,10-11,16,22,24-25,28H,4-5,8-9,12-15,17-19H2,1H3,(H,44,45)/t22?,24-,25+,28-/m1/s1. The van der Waals surface area contributed by atoms with Gasteiger partial charge in [0.25, 0.3) is 11.8 Å². The summed E-state index contributed by atoms with van der Waals surface area (Å²) in [5.74, 6) is -1.94. The van der Waals surface area contributed by atoms with Crippen molar-refractivity contribution in [1.82, 2.24) is 19.7 Å². The van der Waals surface area contributed by atoms with Crippen molar-refractivity contribution in [3.63, 3.8) is 0 Å². The summed E-state index contributed by atoms with van der Waals surface area (Å²) in [5, 5.41) is 10.9. The van der Waals surface area contributed by atoms with Gasteiger partial charge in [-0.2, -0.15) is 0 Å². The minimum atomic E-state index is -0.928. The molecular weight excluding hydrogens is 684 g/mol. The number of nitrogens with zero attached hydrogens (tertiary/aromatic N) is 4. The maximum atomic E-state index is 14.4. The van der Waals surface area contributed by atoms with Crippen LogP contribution in [0.4, 0.5) is 0 Å². The van der Waals surface area contributed by atoms with Crippen LogP contribution in [-0.4, -0.2) is 80.8 Å². The van der Waals surface area contributed by atoms with E-state index in [0.29, 0.717) is 68.1 Å². The smallest absolute Gasteiger partial charge is 0.307 e. The van der Waals surface area contributed by atoms with Crippen molar-refractivity contribution in [2.75, 3.05) is 26.2 Å². The first kappa shape index (κ1) is 31.8. The number of aryl methyl sites for hydroxylation is 1. The molecule has 1 aliphatic carbocycles. The van der Waals surface area contributed by atoms with Crippen LogP contribution in [0.2, 0.25) is 0 Å². The molecule has 4 atom stereocenters. The molecule has 10 nitrogen and oxygen atoms in total. The number of halogens is 1. The molecule has 0 bridgehead atoms. The zero-order chi connectivity index (χ0) is 32.8. The summed E-state index contributed by atoms with van der Waals surface area (Å²) in [6.45, 7) is 3.97. The van der Waals surface area contributed by atoms with Gasteiger partial charge in [-0.3, -0.25) is 19.2 Å². The first-order chi connectivity index (χ1) is 22.7. The van der Waals surface area contributed by atoms with E-state index in [2.05, 4.69) is 20.9 Å². The van der Waals surface area contributed by atoms with Crippen LogP contribution in [0.15, 0.2) is 47.1 Å². The highest BCUT2D eigenvalue weighted by atomic mass is 79.9. The number of benzene rings is 2. The molecule has 4 heterocycles. The molecule has 0 spiro atoms. The Kier molecular flexibility index (Phi) is 8.82. The molecule has 1 saturated heterocycles. The molecule has 1 aromatic heterocycles. The number of thiazole rings is 1. The van der Waals surface area contributed by atoms with Gasteiger partial charge in [-0.05, 0) is 55.5 Å². The number of likely N-dealkylation sites (tertiary alicyclic amines) is 1. The molecule has 1 N–H and O–H groups in total. The zero-order valence-corrected chi connectivity index (χ0v) is 28.6. The lowest BCUT2D eigenvalue weighted by Crippen LogP contribution is -2.50. The molecule has 4 aliphatic rings. The predicted octanol–water partition coefficient (Wildman–Crippen LogP) is 5.48. The molecule has 0 radical (unpaired) electrons. The normalized spacial score (nSPS) is 23.9. The molecule has 7 rings (SSSR count). The van der Waals surface area contributed by atoms with Gasteiger partial charge < -0.3 is 24.5 Å². The maximum Gasteiger partial charge on any atom is 0.307 e. The number of ether oxygens (including phenoxy) is 1. The Labute approximate surface area is 285 Å². The lowest BCUT2D eigenvalue weighted by molar-refractivity contribution is -0.153. The largest absolute Gasteiger partial charge is 0.488 e. The molecule has 1 unspecified atom stereocenters. The monoisotopic (exact) mass is 720 g/mol. The molecule has 2 aromatic carbocycles. The van der Waals surface area contributed by atoms with Gasteiger partial charge in [0.15, 0.2) is 0 Å². The average Bonchev–Trinajstić information content (AvgIpc) is 3.81. The molecular formula is C35H37BrN4O6S. The second kappa shape index (κ2) is 13.0. The number of hydrogen-bond donors (Lipinski definition) is 1. The summed E-state index contributed by atoms with van der Waals surface area (Å²) in [7, 11) is 0. The van der Waals surface area contributed by atoms with E-state index in [0.717, 1.165) is 39.0 Å². The number of carboxylic acids is 1. The van der Waals surface area contributed by atoms with Crippen LogP contribution < -0.4 is 4.74 Å². The molecule has 2 fully saturated rings. The van der Waals surface area contributed by atoms with E-state index in [1.807, 2.05) is 48.2 Å². The molecule has 12 heteroatoms. The van der Waals surface area contributed by atoms with Gasteiger partial charge in [-0.1, -0.05) is 47.0 Å². The van der Waals surface area contributed by atoms with Gasteiger partial charge in [0.2, 0.25) is 5.91 Å². The van der Waals surface area contributed by atoms with E-state index >= 15 is 0 Å². The number of aliphatic carboxylic acids is 1. The fourth-order valence-electron chi connectivity index (χ4n) is 7.75. The van der Waals surface area contributed by atoms with E-state index in [9.17, 15) is 24.3 Å². The summed E-state index contributed by atoms with van der Waals surface area (Å²) >= 11 is 5.13. The Balaban J connectivity index is 1.21. The Morgan fingerprint density at radius 1 is 1.06 bits per heavy atom. The van der Waals surface area contributed by atoms with Crippen LogP contribution in [-0.2, 0) is 22.6 Å². The lowest BCUT2D eigenvalue weighted by atomic mass is 9.77. The number of carbonyl (C=O) groups excluding carboxylic acids is 3. The quantitative estimate of drug-likeness (QED) is 0.343. The fraction of sp³-hybridized carbons (Fsp3) is 0.457. The van der Waals surface area contributed by atoms with Crippen LogP contribution in [0.5, 0.6) is 5.75 Å². The first-order valence-corrected chi connectivity index (χ1v) is 17.9. The van der Waals surface area contributed by atoms with E-state index in [1.165, 1.54) is 11.3 Å². The maximum absolute atomic E-state index is 14.4. The third-order valence-electron chi connectivity index (χ3n) is 10.1. The topological polar surface area (TPSA) is 120 Å². The van der Waals surface area contributed by atoms with Crippen LogP contribution in [0.3, 0.4) is 0 Å². The van der Waals surface area contributed by atoms with Gasteiger partial charge in [-0.15, -0.1) is 11.3 Å². The average molecular weight is 722 g/mol. The Morgan fingerprint density at radius 3 is 2.60 bits per heavy atom. The number of carbonyl (C=O) groups is 4. The number of rotatable bonds is 7. The summed E-state index contributed by atoms with van der Waals surface area (Å²) in [6, 6.07) is 10.9. The van der Waals surface area contributed by atoms with Crippen LogP contribution in [0, 0.1) is 18.8 Å². The molecule has 47 heavy (non-hydrogen) atoms. The second-order valence-electron chi connectivity index (χ2n) is 12.9. The lowest BCUT2D eigenvalue weighted by Gasteiger charge is -2.43. The van der Waals surface area contributed by atoms with Crippen LogP contribution >= 0.6 is 27.3 Å². The Morgan fingerprint density at radius 2 is 1.85 bits per heavy atom. The van der Waals surface area contributed by atoms with Crippen molar-refractivity contribution in [2.45, 2.75) is 64.1 Å². The zero-order valence-electron chi connectivity index (χ0n) is 26.2. The van der Waals surface area contributed by atoms with Gasteiger partial charge in [-0.25, -0.2) is 4.98 Å². The molecule has 246 valence electrons. The van der Waals surface area contributed by atoms with Crippen LogP contribution in [0.1, 0.15) is 79.9 Å². The van der Waals surface area contributed by atoms with Crippen molar-refractivity contribution in [1.29, 1.82) is 0 Å². The van der Waals surface area contributed by atoms with Crippen molar-refractivity contribution in [3.05, 3.63) is 79.2 Å². The van der Waals surface area contributed by atoms with E-state index in [4.69, 9.17) is 4.74 Å². The molecule has 3 amide bonds. The minimum Gasteiger partial charge on any atom is -0.488 e. The van der Waals surface area contributed by atoms with Gasteiger partial charge in [0.05, 0.1) is 35.6 Å². The third kappa shape index (κ3) is 6.06. The highest BCUT2D eigenvalue weighted by Crippen LogP contribution is 2.44. The number of fused-ring (bicyclic) bond motifs is 2. The number of carboxylic acid groups (broad SMARTS) is 1. The third-order valence-corrected chi connectivity index (χ3v) is 11.7. The van der Waals surface area contributed by atoms with Gasteiger partial charge in [0.1, 0.15) is 16.7 Å². The first-order valence-electron chi connectivity index (χ1n) is 16.3. The summed E-state index contributed by atoms with van der Waals surface area (Å²) in [5.41, 5.74) is 3.47. The van der Waals surface area contributed by atoms with E-state index in [-0.39, 0.29) is 30.4 Å². The summed E-state index contributed by atoms with van der Waals surface area (Å²) in [4.78, 5) is 63.7. The predicted molar refractivity (Wildman–Crippen MR) is 178 cm³/mol. The van der Waals surface area contributed by atoms with E-state index < -0.39 is 23.8 Å². The second-order valence-corrected chi connectivity index (χ2v) is 15.0. The fourth-order valence-corrected chi connectivity index (χ4v) is 9.04. The summed E-state index contributed by atoms with van der Waals surface area (Å²) < 4.78 is 7.60. The minimum absolute atomic E-state index is 0.0539. The highest BCUT2D eigenvalue weighted by Gasteiger charge is 2.44. The number of aromatic nitrogens is 1.